The highest BCUT2D eigenvalue weighted by atomic mass is 16.5. The highest BCUT2D eigenvalue weighted by Crippen LogP contribution is 2.17. The lowest BCUT2D eigenvalue weighted by molar-refractivity contribution is 0.154. The molecule has 0 amide bonds. The van der Waals surface area contributed by atoms with Crippen molar-refractivity contribution >= 4 is 5.82 Å². The molecule has 118 valence electrons. The zero-order chi connectivity index (χ0) is 16.1. The van der Waals surface area contributed by atoms with Crippen molar-refractivity contribution in [3.05, 3.63) is 39.9 Å². The number of likely N-dealkylation sites (N-methyl/N-ethyl adjacent to an activating group) is 1. The van der Waals surface area contributed by atoms with E-state index in [0.29, 0.717) is 24.6 Å². The molecule has 0 bridgehead atoms. The van der Waals surface area contributed by atoms with Crippen LogP contribution in [0.1, 0.15) is 18.2 Å². The number of pyridine rings is 1. The van der Waals surface area contributed by atoms with Gasteiger partial charge in [0.15, 0.2) is 0 Å². The van der Waals surface area contributed by atoms with Crippen LogP contribution >= 0.6 is 0 Å². The lowest BCUT2D eigenvalue weighted by Crippen LogP contribution is -2.23. The lowest BCUT2D eigenvalue weighted by atomic mass is 10.2. The van der Waals surface area contributed by atoms with E-state index in [9.17, 15) is 4.79 Å². The second kappa shape index (κ2) is 7.17. The second-order valence-corrected chi connectivity index (χ2v) is 5.15. The molecule has 0 saturated carbocycles. The molecular formula is C16H22N4O2. The van der Waals surface area contributed by atoms with Crippen molar-refractivity contribution < 1.29 is 4.74 Å². The molecule has 0 radical (unpaired) electrons. The molecular weight excluding hydrogens is 280 g/mol. The fourth-order valence-corrected chi connectivity index (χ4v) is 1.99. The molecule has 22 heavy (non-hydrogen) atoms. The summed E-state index contributed by atoms with van der Waals surface area (Å²) in [5, 5.41) is 0. The highest BCUT2D eigenvalue weighted by Gasteiger charge is 2.08. The fourth-order valence-electron chi connectivity index (χ4n) is 1.99. The predicted octanol–water partition coefficient (Wildman–Crippen LogP) is 1.92. The SMILES string of the molecule is CCOCCN(C)c1ccc(-c2nc(C)c(C)c(=O)[nH]2)cn1. The molecule has 1 N–H and O–H groups in total. The predicted molar refractivity (Wildman–Crippen MR) is 87.3 cm³/mol. The van der Waals surface area contributed by atoms with E-state index in [1.165, 1.54) is 0 Å². The summed E-state index contributed by atoms with van der Waals surface area (Å²) in [6, 6.07) is 3.82. The van der Waals surface area contributed by atoms with Gasteiger partial charge in [-0.05, 0) is 32.9 Å². The van der Waals surface area contributed by atoms with Gasteiger partial charge in [-0.2, -0.15) is 0 Å². The number of nitrogens with one attached hydrogen (secondary N) is 1. The maximum atomic E-state index is 11.8. The molecule has 2 aromatic heterocycles. The standard InChI is InChI=1S/C16H22N4O2/c1-5-22-9-8-20(4)14-7-6-13(10-17-14)15-18-12(3)11(2)16(21)19-15/h6-7,10H,5,8-9H2,1-4H3,(H,18,19,21). The Kier molecular flexibility index (Phi) is 5.27. The summed E-state index contributed by atoms with van der Waals surface area (Å²) in [6.45, 7) is 7.73. The first-order valence-corrected chi connectivity index (χ1v) is 7.35. The van der Waals surface area contributed by atoms with Gasteiger partial charge >= 0.3 is 0 Å². The van der Waals surface area contributed by atoms with Gasteiger partial charge in [-0.15, -0.1) is 0 Å². The van der Waals surface area contributed by atoms with Crippen molar-refractivity contribution in [1.82, 2.24) is 15.0 Å². The van der Waals surface area contributed by atoms with Crippen LogP contribution in [-0.4, -0.2) is 41.8 Å². The van der Waals surface area contributed by atoms with Crippen molar-refractivity contribution in [3.63, 3.8) is 0 Å². The number of hydrogen-bond donors (Lipinski definition) is 1. The van der Waals surface area contributed by atoms with Gasteiger partial charge in [0.05, 0.1) is 6.61 Å². The normalized spacial score (nSPS) is 10.7. The summed E-state index contributed by atoms with van der Waals surface area (Å²) in [5.41, 5.74) is 2.06. The van der Waals surface area contributed by atoms with E-state index in [2.05, 4.69) is 15.0 Å². The summed E-state index contributed by atoms with van der Waals surface area (Å²) >= 11 is 0. The largest absolute Gasteiger partial charge is 0.380 e. The number of aromatic nitrogens is 3. The van der Waals surface area contributed by atoms with Crippen molar-refractivity contribution in [2.24, 2.45) is 0 Å². The number of H-pyrrole nitrogens is 1. The van der Waals surface area contributed by atoms with Crippen LogP contribution in [0.2, 0.25) is 0 Å². The Morgan fingerprint density at radius 1 is 1.32 bits per heavy atom. The molecule has 2 heterocycles. The fraction of sp³-hybridized carbons (Fsp3) is 0.438. The van der Waals surface area contributed by atoms with Gasteiger partial charge < -0.3 is 14.6 Å². The number of ether oxygens (including phenoxy) is 1. The number of aromatic amines is 1. The van der Waals surface area contributed by atoms with Crippen LogP contribution in [0.5, 0.6) is 0 Å². The molecule has 0 spiro atoms. The van der Waals surface area contributed by atoms with Crippen molar-refractivity contribution in [2.75, 3.05) is 31.7 Å². The van der Waals surface area contributed by atoms with E-state index in [-0.39, 0.29) is 5.56 Å². The molecule has 0 aliphatic heterocycles. The van der Waals surface area contributed by atoms with Crippen LogP contribution in [0, 0.1) is 13.8 Å². The Bertz CT molecular complexity index is 680. The van der Waals surface area contributed by atoms with Crippen LogP contribution in [0.3, 0.4) is 0 Å². The van der Waals surface area contributed by atoms with E-state index in [1.54, 1.807) is 13.1 Å². The van der Waals surface area contributed by atoms with Crippen LogP contribution in [-0.2, 0) is 4.74 Å². The number of nitrogens with zero attached hydrogens (tertiary/aromatic N) is 3. The van der Waals surface area contributed by atoms with Crippen molar-refractivity contribution in [1.29, 1.82) is 0 Å². The maximum Gasteiger partial charge on any atom is 0.254 e. The summed E-state index contributed by atoms with van der Waals surface area (Å²) < 4.78 is 5.34. The average Bonchev–Trinajstić information content (AvgIpc) is 2.52. The first-order chi connectivity index (χ1) is 10.5. The van der Waals surface area contributed by atoms with Gasteiger partial charge in [-0.25, -0.2) is 9.97 Å². The molecule has 0 saturated heterocycles. The topological polar surface area (TPSA) is 71.1 Å². The Morgan fingerprint density at radius 3 is 2.68 bits per heavy atom. The zero-order valence-corrected chi connectivity index (χ0v) is 13.5. The number of hydrogen-bond acceptors (Lipinski definition) is 5. The van der Waals surface area contributed by atoms with Crippen molar-refractivity contribution in [3.8, 4) is 11.4 Å². The molecule has 6 heteroatoms. The van der Waals surface area contributed by atoms with Crippen LogP contribution < -0.4 is 10.5 Å². The average molecular weight is 302 g/mol. The Balaban J connectivity index is 2.17. The summed E-state index contributed by atoms with van der Waals surface area (Å²) in [4.78, 5) is 25.5. The third-order valence-corrected chi connectivity index (χ3v) is 3.58. The smallest absolute Gasteiger partial charge is 0.254 e. The first-order valence-electron chi connectivity index (χ1n) is 7.35. The van der Waals surface area contributed by atoms with E-state index < -0.39 is 0 Å². The molecule has 0 aliphatic carbocycles. The minimum absolute atomic E-state index is 0.111. The molecule has 0 fully saturated rings. The van der Waals surface area contributed by atoms with Gasteiger partial charge in [0.25, 0.3) is 5.56 Å². The Hall–Kier alpha value is -2.21. The number of aryl methyl sites for hydroxylation is 1. The Morgan fingerprint density at radius 2 is 2.09 bits per heavy atom. The molecule has 0 atom stereocenters. The van der Waals surface area contributed by atoms with E-state index >= 15 is 0 Å². The van der Waals surface area contributed by atoms with E-state index in [0.717, 1.165) is 23.6 Å². The second-order valence-electron chi connectivity index (χ2n) is 5.15. The molecule has 2 aromatic rings. The summed E-state index contributed by atoms with van der Waals surface area (Å²) in [6.07, 6.45) is 1.72. The quantitative estimate of drug-likeness (QED) is 0.826. The van der Waals surface area contributed by atoms with Gasteiger partial charge in [0.1, 0.15) is 11.6 Å². The van der Waals surface area contributed by atoms with E-state index in [4.69, 9.17) is 4.74 Å². The minimum Gasteiger partial charge on any atom is -0.380 e. The van der Waals surface area contributed by atoms with Crippen LogP contribution in [0.15, 0.2) is 23.1 Å². The summed E-state index contributed by atoms with van der Waals surface area (Å²) in [7, 11) is 1.97. The van der Waals surface area contributed by atoms with Crippen LogP contribution in [0.4, 0.5) is 5.82 Å². The Labute approximate surface area is 130 Å². The van der Waals surface area contributed by atoms with Gasteiger partial charge in [-0.1, -0.05) is 0 Å². The zero-order valence-electron chi connectivity index (χ0n) is 13.5. The van der Waals surface area contributed by atoms with Crippen molar-refractivity contribution in [2.45, 2.75) is 20.8 Å². The molecule has 0 aromatic carbocycles. The maximum absolute atomic E-state index is 11.8. The first kappa shape index (κ1) is 16.2. The third kappa shape index (κ3) is 3.71. The van der Waals surface area contributed by atoms with Crippen LogP contribution in [0.25, 0.3) is 11.4 Å². The lowest BCUT2D eigenvalue weighted by Gasteiger charge is -2.18. The molecule has 2 rings (SSSR count). The third-order valence-electron chi connectivity index (χ3n) is 3.58. The molecule has 0 aliphatic rings. The minimum atomic E-state index is -0.111. The van der Waals surface area contributed by atoms with E-state index in [1.807, 2.05) is 37.9 Å². The highest BCUT2D eigenvalue weighted by molar-refractivity contribution is 5.56. The van der Waals surface area contributed by atoms with Gasteiger partial charge in [-0.3, -0.25) is 4.79 Å². The number of rotatable bonds is 6. The monoisotopic (exact) mass is 302 g/mol. The summed E-state index contributed by atoms with van der Waals surface area (Å²) in [5.74, 6) is 1.40. The van der Waals surface area contributed by atoms with Gasteiger partial charge in [0, 0.05) is 43.2 Å². The number of anilines is 1. The van der Waals surface area contributed by atoms with Gasteiger partial charge in [0.2, 0.25) is 0 Å². The molecule has 6 nitrogen and oxygen atoms in total. The molecule has 0 unspecified atom stereocenters.